The summed E-state index contributed by atoms with van der Waals surface area (Å²) in [6.45, 7) is 16.0. The summed E-state index contributed by atoms with van der Waals surface area (Å²) in [7, 11) is 0. The topological polar surface area (TPSA) is 77.3 Å². The van der Waals surface area contributed by atoms with Gasteiger partial charge in [0.1, 0.15) is 19.0 Å². The third-order valence-electron chi connectivity index (χ3n) is 4.24. The molecule has 3 aromatic carbocycles. The van der Waals surface area contributed by atoms with Gasteiger partial charge in [0, 0.05) is 34.7 Å². The van der Waals surface area contributed by atoms with Gasteiger partial charge in [0.05, 0.1) is 16.6 Å². The van der Waals surface area contributed by atoms with Gasteiger partial charge in [-0.3, -0.25) is 0 Å². The van der Waals surface area contributed by atoms with Gasteiger partial charge in [0.25, 0.3) is 0 Å². The highest BCUT2D eigenvalue weighted by atomic mass is 14.8. The lowest BCUT2D eigenvalue weighted by Crippen LogP contribution is -1.77. The minimum Gasteiger partial charge on any atom is -0.244 e. The van der Waals surface area contributed by atoms with Crippen LogP contribution in [0.2, 0.25) is 0 Å². The van der Waals surface area contributed by atoms with E-state index in [0.717, 1.165) is 32.7 Å². The van der Waals surface area contributed by atoms with Crippen molar-refractivity contribution < 1.29 is 0 Å². The molecule has 0 fully saturated rings. The number of fused-ring (bicyclic) bond motifs is 3. The van der Waals surface area contributed by atoms with Crippen LogP contribution in [0.4, 0.5) is 0 Å². The van der Waals surface area contributed by atoms with Crippen LogP contribution in [-0.2, 0) is 0 Å². The molecule has 0 N–H and O–H groups in total. The third kappa shape index (κ3) is 12.1. The SMILES string of the molecule is CC.CC.CC.CC.c1ccc2ncncc2c1.c1ccc2ncncc2c1.c1ccc2ncncc2c1. The Bertz CT molecular complexity index is 1010. The Balaban J connectivity index is 0.000000477. The Labute approximate surface area is 228 Å². The molecule has 6 aromatic rings. The average molecular weight is 511 g/mol. The van der Waals surface area contributed by atoms with Crippen molar-refractivity contribution >= 4 is 32.7 Å². The fraction of sp³-hybridized carbons (Fsp3) is 0.250. The molecule has 0 bridgehead atoms. The molecule has 38 heavy (non-hydrogen) atoms. The van der Waals surface area contributed by atoms with Crippen molar-refractivity contribution in [1.82, 2.24) is 29.9 Å². The lowest BCUT2D eigenvalue weighted by Gasteiger charge is -1.90. The predicted molar refractivity (Wildman–Crippen MR) is 164 cm³/mol. The zero-order valence-electron chi connectivity index (χ0n) is 24.1. The van der Waals surface area contributed by atoms with Gasteiger partial charge in [-0.05, 0) is 18.2 Å². The van der Waals surface area contributed by atoms with E-state index in [-0.39, 0.29) is 0 Å². The molecule has 0 atom stereocenters. The lowest BCUT2D eigenvalue weighted by atomic mass is 10.2. The maximum absolute atomic E-state index is 4.07. The van der Waals surface area contributed by atoms with Gasteiger partial charge in [-0.2, -0.15) is 0 Å². The van der Waals surface area contributed by atoms with Crippen molar-refractivity contribution in [2.45, 2.75) is 55.4 Å². The van der Waals surface area contributed by atoms with Crippen LogP contribution in [0.5, 0.6) is 0 Å². The summed E-state index contributed by atoms with van der Waals surface area (Å²) in [6.07, 6.45) is 10.1. The molecule has 0 unspecified atom stereocenters. The van der Waals surface area contributed by atoms with Crippen molar-refractivity contribution in [2.75, 3.05) is 0 Å². The van der Waals surface area contributed by atoms with Gasteiger partial charge in [-0.1, -0.05) is 110 Å². The Hall–Kier alpha value is -4.32. The first-order valence-electron chi connectivity index (χ1n) is 13.3. The first-order valence-corrected chi connectivity index (χ1v) is 13.3. The summed E-state index contributed by atoms with van der Waals surface area (Å²) in [5.74, 6) is 0. The van der Waals surface area contributed by atoms with Gasteiger partial charge in [-0.15, -0.1) is 0 Å². The predicted octanol–water partition coefficient (Wildman–Crippen LogP) is 8.99. The number of aromatic nitrogens is 6. The van der Waals surface area contributed by atoms with Gasteiger partial charge < -0.3 is 0 Å². The van der Waals surface area contributed by atoms with Crippen LogP contribution in [0.15, 0.2) is 110 Å². The molecule has 6 heteroatoms. The monoisotopic (exact) mass is 510 g/mol. The normalized spacial score (nSPS) is 8.53. The van der Waals surface area contributed by atoms with Crippen molar-refractivity contribution in [1.29, 1.82) is 0 Å². The van der Waals surface area contributed by atoms with Gasteiger partial charge >= 0.3 is 0 Å². The second-order valence-corrected chi connectivity index (χ2v) is 6.24. The summed E-state index contributed by atoms with van der Waals surface area (Å²) < 4.78 is 0. The molecule has 0 aliphatic carbocycles. The number of hydrogen-bond acceptors (Lipinski definition) is 6. The van der Waals surface area contributed by atoms with Gasteiger partial charge in [-0.25, -0.2) is 29.9 Å². The van der Waals surface area contributed by atoms with E-state index in [1.165, 1.54) is 0 Å². The van der Waals surface area contributed by atoms with Crippen molar-refractivity contribution in [3.63, 3.8) is 0 Å². The Kier molecular flexibility index (Phi) is 20.5. The number of benzene rings is 3. The average Bonchev–Trinajstić information content (AvgIpc) is 3.06. The van der Waals surface area contributed by atoms with Crippen LogP contribution in [0.25, 0.3) is 32.7 Å². The molecule has 3 aromatic heterocycles. The Morgan fingerprint density at radius 1 is 0.342 bits per heavy atom. The van der Waals surface area contributed by atoms with E-state index >= 15 is 0 Å². The van der Waals surface area contributed by atoms with Crippen molar-refractivity contribution in [3.8, 4) is 0 Å². The molecular formula is C32H42N6. The molecule has 0 aliphatic heterocycles. The molecule has 0 saturated heterocycles. The standard InChI is InChI=1S/3C8H6N2.4C2H6/c3*1-2-4-8-7(3-1)5-9-6-10-8;4*1-2/h3*1-6H;4*1-2H3. The van der Waals surface area contributed by atoms with E-state index in [1.54, 1.807) is 19.0 Å². The van der Waals surface area contributed by atoms with Crippen LogP contribution in [-0.4, -0.2) is 29.9 Å². The second kappa shape index (κ2) is 23.1. The third-order valence-corrected chi connectivity index (χ3v) is 4.24. The molecule has 6 nitrogen and oxygen atoms in total. The number of nitrogens with zero attached hydrogens (tertiary/aromatic N) is 6. The Morgan fingerprint density at radius 3 is 0.816 bits per heavy atom. The molecule has 0 spiro atoms. The zero-order chi connectivity index (χ0) is 28.4. The van der Waals surface area contributed by atoms with Crippen LogP contribution in [0.1, 0.15) is 55.4 Å². The van der Waals surface area contributed by atoms with Crippen LogP contribution < -0.4 is 0 Å². The molecule has 0 saturated carbocycles. The lowest BCUT2D eigenvalue weighted by molar-refractivity contribution is 1.22. The molecule has 0 aliphatic rings. The van der Waals surface area contributed by atoms with E-state index in [2.05, 4.69) is 29.9 Å². The van der Waals surface area contributed by atoms with Crippen LogP contribution >= 0.6 is 0 Å². The smallest absolute Gasteiger partial charge is 0.116 e. The van der Waals surface area contributed by atoms with E-state index in [4.69, 9.17) is 0 Å². The molecule has 200 valence electrons. The minimum atomic E-state index is 0.998. The fourth-order valence-electron chi connectivity index (χ4n) is 2.77. The molecule has 3 heterocycles. The largest absolute Gasteiger partial charge is 0.244 e. The summed E-state index contributed by atoms with van der Waals surface area (Å²) in [5, 5.41) is 3.26. The first kappa shape index (κ1) is 33.7. The van der Waals surface area contributed by atoms with E-state index in [0.29, 0.717) is 0 Å². The van der Waals surface area contributed by atoms with Gasteiger partial charge in [0.2, 0.25) is 0 Å². The highest BCUT2D eigenvalue weighted by molar-refractivity contribution is 5.78. The van der Waals surface area contributed by atoms with Gasteiger partial charge in [0.15, 0.2) is 0 Å². The zero-order valence-corrected chi connectivity index (χ0v) is 24.1. The number of para-hydroxylation sites is 3. The van der Waals surface area contributed by atoms with Crippen molar-refractivity contribution in [2.24, 2.45) is 0 Å². The Morgan fingerprint density at radius 2 is 0.579 bits per heavy atom. The number of rotatable bonds is 0. The van der Waals surface area contributed by atoms with E-state index in [1.807, 2.05) is 147 Å². The van der Waals surface area contributed by atoms with E-state index < -0.39 is 0 Å². The quantitative estimate of drug-likeness (QED) is 0.203. The van der Waals surface area contributed by atoms with Crippen LogP contribution in [0.3, 0.4) is 0 Å². The van der Waals surface area contributed by atoms with Crippen LogP contribution in [0, 0.1) is 0 Å². The highest BCUT2D eigenvalue weighted by Gasteiger charge is 1.89. The fourth-order valence-corrected chi connectivity index (χ4v) is 2.77. The maximum Gasteiger partial charge on any atom is 0.116 e. The summed E-state index contributed by atoms with van der Waals surface area (Å²) in [6, 6.07) is 23.7. The molecular weight excluding hydrogens is 468 g/mol. The molecule has 0 radical (unpaired) electrons. The van der Waals surface area contributed by atoms with E-state index in [9.17, 15) is 0 Å². The second-order valence-electron chi connectivity index (χ2n) is 6.24. The minimum absolute atomic E-state index is 0.998. The highest BCUT2D eigenvalue weighted by Crippen LogP contribution is 2.08. The summed E-state index contributed by atoms with van der Waals surface area (Å²) in [5.41, 5.74) is 2.99. The summed E-state index contributed by atoms with van der Waals surface area (Å²) >= 11 is 0. The number of hydrogen-bond donors (Lipinski definition) is 0. The first-order chi connectivity index (χ1) is 18.9. The molecule has 6 rings (SSSR count). The molecule has 0 amide bonds. The van der Waals surface area contributed by atoms with Crippen molar-refractivity contribution in [3.05, 3.63) is 110 Å². The maximum atomic E-state index is 4.07. The summed E-state index contributed by atoms with van der Waals surface area (Å²) in [4.78, 5) is 23.9.